The van der Waals surface area contributed by atoms with E-state index in [0.717, 1.165) is 156 Å². The summed E-state index contributed by atoms with van der Waals surface area (Å²) in [6, 6.07) is 127. The number of imidazole rings is 3. The summed E-state index contributed by atoms with van der Waals surface area (Å²) < 4.78 is 13.4. The van der Waals surface area contributed by atoms with Gasteiger partial charge < -0.3 is 56.8 Å². The first-order chi connectivity index (χ1) is 60.4. The molecule has 0 saturated carbocycles. The Kier molecular flexibility index (Phi) is 20.9. The Morgan fingerprint density at radius 2 is 0.651 bits per heavy atom. The fourth-order valence-electron chi connectivity index (χ4n) is 18.2. The van der Waals surface area contributed by atoms with Gasteiger partial charge in [0.05, 0.1) is 50.6 Å². The molecule has 6 aromatic heterocycles. The van der Waals surface area contributed by atoms with E-state index < -0.39 is 0 Å². The van der Waals surface area contributed by atoms with E-state index in [-0.39, 0.29) is 63.2 Å². The molecule has 0 aliphatic carbocycles. The van der Waals surface area contributed by atoms with Crippen LogP contribution in [0.15, 0.2) is 334 Å². The summed E-state index contributed by atoms with van der Waals surface area (Å²) in [7, 11) is 12.3. The molecule has 15 nitrogen and oxygen atoms in total. The molecule has 16 aromatic carbocycles. The second kappa shape index (κ2) is 32.7. The molecule has 0 unspecified atom stereocenters. The van der Waals surface area contributed by atoms with E-state index in [1.54, 1.807) is 0 Å². The Bertz CT molecular complexity index is 8160. The van der Waals surface area contributed by atoms with E-state index >= 15 is 0 Å². The molecule has 0 fully saturated rings. The number of aryl methyl sites for hydroxylation is 3. The van der Waals surface area contributed by atoms with E-state index in [9.17, 15) is 0 Å². The summed E-state index contributed by atoms with van der Waals surface area (Å²) in [6.07, 6.45) is 12.2. The van der Waals surface area contributed by atoms with Gasteiger partial charge in [0.2, 0.25) is 0 Å². The summed E-state index contributed by atoms with van der Waals surface area (Å²) >= 11 is 0. The number of rotatable bonds is 10. The molecule has 9 heterocycles. The number of para-hydroxylation sites is 5. The van der Waals surface area contributed by atoms with Crippen LogP contribution in [0.25, 0.3) is 193 Å². The monoisotopic (exact) mass is 2170 g/mol. The summed E-state index contributed by atoms with van der Waals surface area (Å²) in [5.74, 6) is 2.68. The Morgan fingerprint density at radius 1 is 0.246 bits per heavy atom. The number of nitrogens with zero attached hydrogens (tertiary/aromatic N) is 15. The predicted octanol–water partition coefficient (Wildman–Crippen LogP) is 24.0. The van der Waals surface area contributed by atoms with Crippen LogP contribution in [-0.4, -0.2) is 78.2 Å². The van der Waals surface area contributed by atoms with Crippen molar-refractivity contribution in [3.05, 3.63) is 391 Å². The first-order valence-electron chi connectivity index (χ1n) is 41.1. The van der Waals surface area contributed by atoms with Crippen molar-refractivity contribution in [3.63, 3.8) is 0 Å². The molecule has 18 heteroatoms. The molecular weight excluding hydrogens is 2090 g/mol. The zero-order chi connectivity index (χ0) is 82.2. The number of aromatic nitrogens is 9. The van der Waals surface area contributed by atoms with Gasteiger partial charge in [0.15, 0.2) is 0 Å². The van der Waals surface area contributed by atoms with Gasteiger partial charge in [-0.3, -0.25) is 15.0 Å². The molecular formula is C108H76N15Pt3-9. The molecule has 3 aliphatic rings. The molecule has 0 bridgehead atoms. The number of hydrogen-bond acceptors (Lipinski definition) is 9. The number of anilines is 3. The quantitative estimate of drug-likeness (QED) is 0.124. The molecule has 0 N–H and O–H groups in total. The third-order valence-corrected chi connectivity index (χ3v) is 24.1. The van der Waals surface area contributed by atoms with Gasteiger partial charge in [-0.15, -0.1) is 137 Å². The third kappa shape index (κ3) is 13.8. The fraction of sp³-hybridized carbons (Fsp3) is 0.0556. The van der Waals surface area contributed by atoms with Crippen LogP contribution in [0, 0.1) is 56.4 Å². The summed E-state index contributed by atoms with van der Waals surface area (Å²) in [5.41, 5.74) is 23.7. The molecule has 0 radical (unpaired) electrons. The average molecular weight is 2170 g/mol. The average Bonchev–Trinajstić information content (AvgIpc) is 1.56. The van der Waals surface area contributed by atoms with Crippen molar-refractivity contribution in [2.24, 2.45) is 21.1 Å². The first kappa shape index (κ1) is 80.6. The zero-order valence-electron chi connectivity index (χ0n) is 69.1. The summed E-state index contributed by atoms with van der Waals surface area (Å²) in [5, 5.41) is 14.3. The maximum Gasteiger partial charge on any atom is 0.0777 e. The van der Waals surface area contributed by atoms with Crippen molar-refractivity contribution in [3.8, 4) is 62.4 Å². The molecule has 3 aliphatic heterocycles. The summed E-state index contributed by atoms with van der Waals surface area (Å²) in [6.45, 7) is 6.14. The van der Waals surface area contributed by atoms with E-state index in [4.69, 9.17) is 15.0 Å². The second-order valence-corrected chi connectivity index (χ2v) is 31.7. The maximum atomic E-state index is 5.10. The Labute approximate surface area is 771 Å². The Morgan fingerprint density at radius 3 is 1.17 bits per heavy atom. The minimum absolute atomic E-state index is 0. The number of benzene rings is 16. The van der Waals surface area contributed by atoms with Gasteiger partial charge in [-0.05, 0) is 184 Å². The Hall–Kier alpha value is -13.8. The van der Waals surface area contributed by atoms with Gasteiger partial charge in [0.1, 0.15) is 0 Å². The van der Waals surface area contributed by atoms with E-state index in [0.29, 0.717) is 0 Å². The van der Waals surface area contributed by atoms with E-state index in [2.05, 4.69) is 398 Å². The molecule has 0 atom stereocenters. The van der Waals surface area contributed by atoms with Crippen molar-refractivity contribution in [2.75, 3.05) is 35.8 Å². The van der Waals surface area contributed by atoms with Crippen molar-refractivity contribution in [1.29, 1.82) is 0 Å². The van der Waals surface area contributed by atoms with Crippen LogP contribution >= 0.6 is 0 Å². The van der Waals surface area contributed by atoms with Crippen LogP contribution in [0.5, 0.6) is 0 Å². The van der Waals surface area contributed by atoms with Crippen LogP contribution in [0.1, 0.15) is 0 Å². The molecule has 126 heavy (non-hydrogen) atoms. The standard InChI is InChI=1S/C40H28N5.2C34H24N5.3Pt/c1-42-21-22-44(26-42)30-14-10-15-31(25-30)45-36-20-19-28-13-6-7-16-32(28)38(36)39-33(27-11-4-3-5-12-27)23-29(24-37(39)45)40-41-34-17-8-9-18-35(34)43(40)2;1-36-16-17-38(22-36)26-10-7-11-27(21-26)39-32-20-25(34-35-30-12-5-6-13-31(30)37(34)2)14-15-28(32)29-18-23-8-3-4-9-24(23)19-33(29)39;1-36-16-17-38(22-36)26-10-7-11-27(21-26)39-31-13-6-5-12-28(31)29-15-14-25(20-32(29)39)34-35-30-18-23-8-3-4-9-24(23)19-33(30)37(34)2;;;/h3-23,26H,1-2H3;2*3-19,22H,1-2H3;;;/q3*-3;;;. The topological polar surface area (TPSA) is 87.7 Å². The summed E-state index contributed by atoms with van der Waals surface area (Å²) in [4.78, 5) is 27.5. The van der Waals surface area contributed by atoms with Crippen LogP contribution in [0.3, 0.4) is 0 Å². The minimum atomic E-state index is 0. The minimum Gasteiger partial charge on any atom is -0.510 e. The molecule has 0 saturated heterocycles. The van der Waals surface area contributed by atoms with Crippen molar-refractivity contribution < 1.29 is 63.2 Å². The largest absolute Gasteiger partial charge is 0.510 e. The molecule has 0 amide bonds. The smallest absolute Gasteiger partial charge is 0.0777 e. The van der Waals surface area contributed by atoms with E-state index in [1.807, 2.05) is 92.3 Å². The SMILES string of the molecule is CN1C=CN(c2[c-]c(-n3c4[c-]c(-c5nc6cc7ccccc7cc6n5C)ccc4c4ccccc43)ccc2)[CH-]1.CN1C=CN(c2[c-]c(-n3c4[c-]c(-c5nc6ccccc6n5C)cc(-c5ccccc5)c4c4c5ccccc5ccc43)ccc2)[CH-]1.CN1C=CN(c2[c-]c(-n3c4[c-]c(-c5nc6ccccc6n5C)ccc4c4cc5ccccc5cc43)ccc2)[CH-]1.[Pt].[Pt].[Pt]. The van der Waals surface area contributed by atoms with Gasteiger partial charge in [-0.25, -0.2) is 0 Å². The van der Waals surface area contributed by atoms with Crippen LogP contribution in [0.4, 0.5) is 17.1 Å². The van der Waals surface area contributed by atoms with Gasteiger partial charge in [-0.2, -0.15) is 38.2 Å². The van der Waals surface area contributed by atoms with Crippen LogP contribution < -0.4 is 14.7 Å². The van der Waals surface area contributed by atoms with Gasteiger partial charge in [0.25, 0.3) is 0 Å². The van der Waals surface area contributed by atoms with Crippen molar-refractivity contribution in [2.45, 2.75) is 0 Å². The first-order valence-corrected chi connectivity index (χ1v) is 41.1. The number of hydrogen-bond donors (Lipinski definition) is 0. The van der Waals surface area contributed by atoms with Crippen LogP contribution in [-0.2, 0) is 84.3 Å². The van der Waals surface area contributed by atoms with Gasteiger partial charge in [-0.1, -0.05) is 197 Å². The molecule has 25 rings (SSSR count). The maximum absolute atomic E-state index is 5.10. The molecule has 622 valence electrons. The van der Waals surface area contributed by atoms with Crippen LogP contribution in [0.2, 0.25) is 0 Å². The fourth-order valence-corrected chi connectivity index (χ4v) is 18.2. The molecule has 22 aromatic rings. The van der Waals surface area contributed by atoms with Crippen molar-refractivity contribution in [1.82, 2.24) is 57.1 Å². The van der Waals surface area contributed by atoms with E-state index in [1.165, 1.54) is 53.9 Å². The normalized spacial score (nSPS) is 13.2. The zero-order valence-corrected chi connectivity index (χ0v) is 76.0. The van der Waals surface area contributed by atoms with Gasteiger partial charge in [0, 0.05) is 101 Å². The predicted molar refractivity (Wildman–Crippen MR) is 503 cm³/mol. The second-order valence-electron chi connectivity index (χ2n) is 31.7. The molecule has 0 spiro atoms. The third-order valence-electron chi connectivity index (χ3n) is 24.1. The number of fused-ring (bicyclic) bond motifs is 16. The van der Waals surface area contributed by atoms with Gasteiger partial charge >= 0.3 is 0 Å². The Balaban J connectivity index is 0.000000118. The van der Waals surface area contributed by atoms with Crippen molar-refractivity contribution >= 4 is 148 Å².